The van der Waals surface area contributed by atoms with E-state index in [1.807, 2.05) is 35.0 Å². The lowest BCUT2D eigenvalue weighted by molar-refractivity contribution is 0.244. The molecule has 2 heterocycles. The first-order valence-corrected chi connectivity index (χ1v) is 13.5. The van der Waals surface area contributed by atoms with Crippen molar-refractivity contribution in [1.29, 1.82) is 5.26 Å². The number of benzene rings is 2. The molecule has 3 aromatic rings. The van der Waals surface area contributed by atoms with Gasteiger partial charge in [-0.15, -0.1) is 0 Å². The highest BCUT2D eigenvalue weighted by molar-refractivity contribution is 7.89. The second-order valence-electron chi connectivity index (χ2n) is 8.09. The molecule has 1 saturated heterocycles. The molecule has 0 aliphatic carbocycles. The molecule has 0 spiro atoms. The summed E-state index contributed by atoms with van der Waals surface area (Å²) in [6.07, 6.45) is 1.61. The molecule has 12 heteroatoms. The molecule has 0 radical (unpaired) electrons. The molecule has 8 nitrogen and oxygen atoms in total. The number of furan rings is 1. The molecular formula is C24H22Cl2N4O4S2. The maximum Gasteiger partial charge on any atom is 0.246 e. The number of thiocarbonyl (C=S) groups is 1. The third-order valence-corrected chi connectivity index (χ3v) is 8.49. The van der Waals surface area contributed by atoms with E-state index >= 15 is 0 Å². The van der Waals surface area contributed by atoms with E-state index < -0.39 is 10.0 Å². The topological polar surface area (TPSA) is 90.0 Å². The number of hydrogen-bond acceptors (Lipinski definition) is 6. The molecule has 0 amide bonds. The fourth-order valence-electron chi connectivity index (χ4n) is 3.78. The summed E-state index contributed by atoms with van der Waals surface area (Å²) in [7, 11) is -2.12. The summed E-state index contributed by atoms with van der Waals surface area (Å²) in [6.45, 7) is 1.78. The van der Waals surface area contributed by atoms with Crippen LogP contribution in [0.15, 0.2) is 64.1 Å². The lowest BCUT2D eigenvalue weighted by Gasteiger charge is -2.38. The SMILES string of the molecule is CN(Cc1ccco1)C(=S)N1CCN(S(=O)(=O)c2cc(C#N)ccc2Oc2cc(Cl)cc(Cl)c2)CC1. The van der Waals surface area contributed by atoms with Crippen LogP contribution in [-0.2, 0) is 16.6 Å². The average Bonchev–Trinajstić information content (AvgIpc) is 3.36. The third-order valence-electron chi connectivity index (χ3n) is 5.56. The van der Waals surface area contributed by atoms with Gasteiger partial charge < -0.3 is 19.0 Å². The Balaban J connectivity index is 1.51. The quantitative estimate of drug-likeness (QED) is 0.387. The fourth-order valence-corrected chi connectivity index (χ4v) is 6.10. The van der Waals surface area contributed by atoms with Crippen molar-refractivity contribution in [3.05, 3.63) is 76.2 Å². The normalized spacial score (nSPS) is 14.3. The second-order valence-corrected chi connectivity index (χ2v) is 11.2. The molecule has 2 aromatic carbocycles. The second kappa shape index (κ2) is 11.1. The monoisotopic (exact) mass is 564 g/mol. The lowest BCUT2D eigenvalue weighted by atomic mass is 10.2. The molecule has 0 unspecified atom stereocenters. The van der Waals surface area contributed by atoms with Crippen LogP contribution in [-0.4, -0.2) is 60.9 Å². The van der Waals surface area contributed by atoms with E-state index in [1.165, 1.54) is 34.6 Å². The summed E-state index contributed by atoms with van der Waals surface area (Å²) >= 11 is 17.7. The van der Waals surface area contributed by atoms with Gasteiger partial charge in [-0.25, -0.2) is 8.42 Å². The van der Waals surface area contributed by atoms with Crippen LogP contribution in [0, 0.1) is 11.3 Å². The maximum absolute atomic E-state index is 13.6. The molecule has 0 bridgehead atoms. The van der Waals surface area contributed by atoms with Crippen molar-refractivity contribution in [3.63, 3.8) is 0 Å². The standard InChI is InChI=1S/C24H22Cl2N4O4S2/c1-28(16-20-3-2-10-33-20)24(35)29-6-8-30(9-7-29)36(31,32)23-11-17(15-27)4-5-22(23)34-21-13-18(25)12-19(26)14-21/h2-5,10-14H,6-9,16H2,1H3. The number of hydrogen-bond donors (Lipinski definition) is 0. The number of nitriles is 1. The summed E-state index contributed by atoms with van der Waals surface area (Å²) in [4.78, 5) is 3.74. The van der Waals surface area contributed by atoms with Crippen molar-refractivity contribution >= 4 is 50.6 Å². The van der Waals surface area contributed by atoms with Crippen molar-refractivity contribution in [2.75, 3.05) is 33.2 Å². The Hall–Kier alpha value is -2.81. The largest absolute Gasteiger partial charge is 0.467 e. The number of piperazine rings is 1. The first-order chi connectivity index (χ1) is 17.2. The predicted octanol–water partition coefficient (Wildman–Crippen LogP) is 4.97. The van der Waals surface area contributed by atoms with Crippen LogP contribution < -0.4 is 4.74 Å². The minimum atomic E-state index is -3.98. The van der Waals surface area contributed by atoms with Crippen LogP contribution >= 0.6 is 35.4 Å². The highest BCUT2D eigenvalue weighted by Crippen LogP contribution is 2.34. The molecule has 1 aromatic heterocycles. The van der Waals surface area contributed by atoms with Crippen LogP contribution in [0.2, 0.25) is 10.0 Å². The van der Waals surface area contributed by atoms with Crippen molar-refractivity contribution in [1.82, 2.24) is 14.1 Å². The van der Waals surface area contributed by atoms with Crippen molar-refractivity contribution in [3.8, 4) is 17.6 Å². The van der Waals surface area contributed by atoms with Gasteiger partial charge in [-0.05, 0) is 60.7 Å². The fraction of sp³-hybridized carbons (Fsp3) is 0.250. The van der Waals surface area contributed by atoms with Crippen molar-refractivity contribution < 1.29 is 17.6 Å². The van der Waals surface area contributed by atoms with Gasteiger partial charge in [-0.2, -0.15) is 9.57 Å². The lowest BCUT2D eigenvalue weighted by Crippen LogP contribution is -2.53. The maximum atomic E-state index is 13.6. The molecule has 36 heavy (non-hydrogen) atoms. The van der Waals surface area contributed by atoms with Crippen LogP contribution in [0.25, 0.3) is 0 Å². The Morgan fingerprint density at radius 2 is 1.83 bits per heavy atom. The number of rotatable bonds is 6. The first-order valence-electron chi connectivity index (χ1n) is 10.9. The van der Waals surface area contributed by atoms with E-state index in [-0.39, 0.29) is 35.0 Å². The van der Waals surface area contributed by atoms with Gasteiger partial charge in [0.1, 0.15) is 22.2 Å². The Morgan fingerprint density at radius 3 is 2.44 bits per heavy atom. The molecule has 1 aliphatic rings. The Bertz CT molecular complexity index is 1380. The molecule has 0 N–H and O–H groups in total. The zero-order valence-corrected chi connectivity index (χ0v) is 22.4. The molecule has 188 valence electrons. The van der Waals surface area contributed by atoms with Crippen LogP contribution in [0.3, 0.4) is 0 Å². The van der Waals surface area contributed by atoms with E-state index in [4.69, 9.17) is 44.6 Å². The Labute approximate surface area is 225 Å². The zero-order valence-electron chi connectivity index (χ0n) is 19.2. The van der Waals surface area contributed by atoms with Gasteiger partial charge in [0, 0.05) is 43.3 Å². The van der Waals surface area contributed by atoms with Crippen LogP contribution in [0.1, 0.15) is 11.3 Å². The third kappa shape index (κ3) is 5.94. The highest BCUT2D eigenvalue weighted by Gasteiger charge is 2.32. The molecule has 4 rings (SSSR count). The van der Waals surface area contributed by atoms with E-state index in [0.717, 1.165) is 5.76 Å². The molecule has 0 saturated carbocycles. The van der Waals surface area contributed by atoms with Gasteiger partial charge in [0.05, 0.1) is 24.4 Å². The minimum Gasteiger partial charge on any atom is -0.467 e. The number of nitrogens with zero attached hydrogens (tertiary/aromatic N) is 4. The molecule has 0 atom stereocenters. The van der Waals surface area contributed by atoms with Gasteiger partial charge >= 0.3 is 0 Å². The van der Waals surface area contributed by atoms with Gasteiger partial charge in [0.15, 0.2) is 5.11 Å². The smallest absolute Gasteiger partial charge is 0.246 e. The van der Waals surface area contributed by atoms with E-state index in [0.29, 0.717) is 34.8 Å². The van der Waals surface area contributed by atoms with E-state index in [2.05, 4.69) is 0 Å². The first kappa shape index (κ1) is 26.3. The summed E-state index contributed by atoms with van der Waals surface area (Å²) in [5, 5.41) is 10.7. The van der Waals surface area contributed by atoms with Crippen molar-refractivity contribution in [2.45, 2.75) is 11.4 Å². The highest BCUT2D eigenvalue weighted by atomic mass is 35.5. The summed E-state index contributed by atoms with van der Waals surface area (Å²) in [6, 6.07) is 14.5. The summed E-state index contributed by atoms with van der Waals surface area (Å²) < 4.78 is 39.9. The molecule has 1 aliphatic heterocycles. The van der Waals surface area contributed by atoms with Crippen LogP contribution in [0.4, 0.5) is 0 Å². The zero-order chi connectivity index (χ0) is 25.9. The van der Waals surface area contributed by atoms with Gasteiger partial charge in [-0.3, -0.25) is 0 Å². The van der Waals surface area contributed by atoms with Gasteiger partial charge in [-0.1, -0.05) is 23.2 Å². The Kier molecular flexibility index (Phi) is 8.07. The summed E-state index contributed by atoms with van der Waals surface area (Å²) in [5.41, 5.74) is 0.199. The number of ether oxygens (including phenoxy) is 1. The molecular weight excluding hydrogens is 543 g/mol. The number of sulfonamides is 1. The predicted molar refractivity (Wildman–Crippen MR) is 141 cm³/mol. The summed E-state index contributed by atoms with van der Waals surface area (Å²) in [5.74, 6) is 1.14. The minimum absolute atomic E-state index is 0.0727. The Morgan fingerprint density at radius 1 is 1.14 bits per heavy atom. The number of halogens is 2. The van der Waals surface area contributed by atoms with Gasteiger partial charge in [0.25, 0.3) is 0 Å². The van der Waals surface area contributed by atoms with E-state index in [9.17, 15) is 13.7 Å². The molecule has 1 fully saturated rings. The van der Waals surface area contributed by atoms with Crippen LogP contribution in [0.5, 0.6) is 11.5 Å². The van der Waals surface area contributed by atoms with Crippen molar-refractivity contribution in [2.24, 2.45) is 0 Å². The van der Waals surface area contributed by atoms with Gasteiger partial charge in [0.2, 0.25) is 10.0 Å². The van der Waals surface area contributed by atoms with E-state index in [1.54, 1.807) is 12.3 Å². The average molecular weight is 566 g/mol.